The fourth-order valence-electron chi connectivity index (χ4n) is 2.20. The summed E-state index contributed by atoms with van der Waals surface area (Å²) in [7, 11) is 0. The van der Waals surface area contributed by atoms with Crippen molar-refractivity contribution >= 4 is 12.1 Å². The third-order valence-electron chi connectivity index (χ3n) is 3.33. The minimum Gasteiger partial charge on any atom is -0.480 e. The van der Waals surface area contributed by atoms with E-state index in [4.69, 9.17) is 9.47 Å². The number of rotatable bonds is 6. The highest BCUT2D eigenvalue weighted by Gasteiger charge is 2.24. The summed E-state index contributed by atoms with van der Waals surface area (Å²) < 4.78 is 10.8. The SMILES string of the molecule is CC(C)(C)OC(=O)N[C@@H](Cc1ccc(Oc2ccccc2)cc1)C(=O)O. The van der Waals surface area contributed by atoms with Gasteiger partial charge in [0.15, 0.2) is 0 Å². The van der Waals surface area contributed by atoms with E-state index in [1.165, 1.54) is 0 Å². The molecule has 0 fully saturated rings. The van der Waals surface area contributed by atoms with E-state index in [1.807, 2.05) is 30.3 Å². The zero-order valence-electron chi connectivity index (χ0n) is 15.1. The van der Waals surface area contributed by atoms with E-state index in [-0.39, 0.29) is 6.42 Å². The molecule has 0 radical (unpaired) electrons. The molecule has 0 aromatic heterocycles. The molecule has 0 saturated heterocycles. The van der Waals surface area contributed by atoms with Crippen LogP contribution in [0.4, 0.5) is 4.79 Å². The number of para-hydroxylation sites is 1. The van der Waals surface area contributed by atoms with Crippen LogP contribution in [0.3, 0.4) is 0 Å². The standard InChI is InChI=1S/C20H23NO5/c1-20(2,3)26-19(24)21-17(18(22)23)13-14-9-11-16(12-10-14)25-15-7-5-4-6-8-15/h4-12,17H,13H2,1-3H3,(H,21,24)(H,22,23)/t17-/m0/s1. The molecule has 26 heavy (non-hydrogen) atoms. The zero-order valence-corrected chi connectivity index (χ0v) is 15.1. The smallest absolute Gasteiger partial charge is 0.408 e. The molecule has 0 spiro atoms. The van der Waals surface area contributed by atoms with Crippen LogP contribution in [0, 0.1) is 0 Å². The van der Waals surface area contributed by atoms with Gasteiger partial charge >= 0.3 is 12.1 Å². The van der Waals surface area contributed by atoms with Crippen molar-refractivity contribution in [2.24, 2.45) is 0 Å². The van der Waals surface area contributed by atoms with Crippen molar-refractivity contribution in [3.8, 4) is 11.5 Å². The Balaban J connectivity index is 1.98. The molecule has 2 N–H and O–H groups in total. The monoisotopic (exact) mass is 357 g/mol. The van der Waals surface area contributed by atoms with Crippen molar-refractivity contribution in [2.75, 3.05) is 0 Å². The zero-order chi connectivity index (χ0) is 19.2. The minimum absolute atomic E-state index is 0.139. The number of alkyl carbamates (subject to hydrolysis) is 1. The van der Waals surface area contributed by atoms with Gasteiger partial charge in [0.25, 0.3) is 0 Å². The van der Waals surface area contributed by atoms with E-state index >= 15 is 0 Å². The van der Waals surface area contributed by atoms with Gasteiger partial charge < -0.3 is 19.9 Å². The first-order valence-electron chi connectivity index (χ1n) is 8.27. The second kappa shape index (κ2) is 8.38. The first-order chi connectivity index (χ1) is 12.2. The number of nitrogens with one attached hydrogen (secondary N) is 1. The lowest BCUT2D eigenvalue weighted by Crippen LogP contribution is -2.44. The van der Waals surface area contributed by atoms with Gasteiger partial charge in [-0.15, -0.1) is 0 Å². The average molecular weight is 357 g/mol. The number of benzene rings is 2. The molecular formula is C20H23NO5. The number of ether oxygens (including phenoxy) is 2. The molecule has 0 aliphatic rings. The van der Waals surface area contributed by atoms with Crippen LogP contribution in [0.25, 0.3) is 0 Å². The molecule has 6 nitrogen and oxygen atoms in total. The normalized spacial score (nSPS) is 12.1. The van der Waals surface area contributed by atoms with Gasteiger partial charge in [0.1, 0.15) is 23.1 Å². The molecule has 1 atom stereocenters. The largest absolute Gasteiger partial charge is 0.480 e. The number of aliphatic carboxylic acids is 1. The first kappa shape index (κ1) is 19.3. The van der Waals surface area contributed by atoms with Crippen molar-refractivity contribution < 1.29 is 24.2 Å². The number of hydrogen-bond acceptors (Lipinski definition) is 4. The Bertz CT molecular complexity index is 735. The lowest BCUT2D eigenvalue weighted by Gasteiger charge is -2.22. The summed E-state index contributed by atoms with van der Waals surface area (Å²) in [5, 5.41) is 11.7. The second-order valence-corrected chi connectivity index (χ2v) is 6.80. The number of carbonyl (C=O) groups is 2. The number of amides is 1. The molecule has 0 heterocycles. The van der Waals surface area contributed by atoms with Crippen LogP contribution >= 0.6 is 0 Å². The van der Waals surface area contributed by atoms with Gasteiger partial charge in [-0.1, -0.05) is 30.3 Å². The Labute approximate surface area is 152 Å². The predicted molar refractivity (Wildman–Crippen MR) is 97.5 cm³/mol. The lowest BCUT2D eigenvalue weighted by atomic mass is 10.1. The molecule has 6 heteroatoms. The van der Waals surface area contributed by atoms with Crippen LogP contribution < -0.4 is 10.1 Å². The van der Waals surface area contributed by atoms with Crippen LogP contribution in [0.5, 0.6) is 11.5 Å². The fourth-order valence-corrected chi connectivity index (χ4v) is 2.20. The van der Waals surface area contributed by atoms with Gasteiger partial charge in [0.2, 0.25) is 0 Å². The lowest BCUT2D eigenvalue weighted by molar-refractivity contribution is -0.139. The van der Waals surface area contributed by atoms with E-state index in [2.05, 4.69) is 5.32 Å². The fraction of sp³-hybridized carbons (Fsp3) is 0.300. The van der Waals surface area contributed by atoms with Crippen LogP contribution in [-0.2, 0) is 16.0 Å². The summed E-state index contributed by atoms with van der Waals surface area (Å²) in [4.78, 5) is 23.2. The molecule has 0 aliphatic carbocycles. The van der Waals surface area contributed by atoms with Gasteiger partial charge in [0.05, 0.1) is 0 Å². The van der Waals surface area contributed by atoms with Crippen LogP contribution in [0.2, 0.25) is 0 Å². The highest BCUT2D eigenvalue weighted by atomic mass is 16.6. The van der Waals surface area contributed by atoms with Gasteiger partial charge in [-0.3, -0.25) is 0 Å². The summed E-state index contributed by atoms with van der Waals surface area (Å²) in [5.74, 6) is 0.239. The van der Waals surface area contributed by atoms with Gasteiger partial charge in [-0.2, -0.15) is 0 Å². The quantitative estimate of drug-likeness (QED) is 0.816. The van der Waals surface area contributed by atoms with Gasteiger partial charge in [0, 0.05) is 6.42 Å². The highest BCUT2D eigenvalue weighted by molar-refractivity contribution is 5.80. The van der Waals surface area contributed by atoms with Crippen LogP contribution in [0.1, 0.15) is 26.3 Å². The number of hydrogen-bond donors (Lipinski definition) is 2. The third kappa shape index (κ3) is 6.47. The minimum atomic E-state index is -1.12. The Hall–Kier alpha value is -3.02. The Kier molecular flexibility index (Phi) is 6.22. The molecule has 2 aromatic carbocycles. The highest BCUT2D eigenvalue weighted by Crippen LogP contribution is 2.21. The van der Waals surface area contributed by atoms with Crippen LogP contribution in [-0.4, -0.2) is 28.8 Å². The number of carboxylic acid groups (broad SMARTS) is 1. The molecule has 2 rings (SSSR count). The summed E-state index contributed by atoms with van der Waals surface area (Å²) in [6.07, 6.45) is -0.617. The maximum atomic E-state index is 11.8. The van der Waals surface area contributed by atoms with Crippen molar-refractivity contribution in [1.29, 1.82) is 0 Å². The summed E-state index contributed by atoms with van der Waals surface area (Å²) >= 11 is 0. The predicted octanol–water partition coefficient (Wildman–Crippen LogP) is 4.00. The molecule has 2 aromatic rings. The molecule has 0 unspecified atom stereocenters. The average Bonchev–Trinajstić information content (AvgIpc) is 2.55. The van der Waals surface area contributed by atoms with E-state index < -0.39 is 23.7 Å². The topological polar surface area (TPSA) is 84.9 Å². The van der Waals surface area contributed by atoms with E-state index in [0.717, 1.165) is 11.3 Å². The van der Waals surface area contributed by atoms with Crippen molar-refractivity contribution in [3.05, 3.63) is 60.2 Å². The maximum absolute atomic E-state index is 11.8. The summed E-state index contributed by atoms with van der Waals surface area (Å²) in [6, 6.07) is 15.3. The molecule has 0 aliphatic heterocycles. The molecular weight excluding hydrogens is 334 g/mol. The molecule has 0 bridgehead atoms. The van der Waals surface area contributed by atoms with Gasteiger partial charge in [-0.05, 0) is 50.6 Å². The summed E-state index contributed by atoms with van der Waals surface area (Å²) in [5.41, 5.74) is 0.0673. The van der Waals surface area contributed by atoms with Crippen molar-refractivity contribution in [2.45, 2.75) is 38.8 Å². The number of carbonyl (C=O) groups excluding carboxylic acids is 1. The number of carboxylic acids is 1. The Morgan fingerprint density at radius 3 is 2.12 bits per heavy atom. The van der Waals surface area contributed by atoms with Crippen molar-refractivity contribution in [3.63, 3.8) is 0 Å². The second-order valence-electron chi connectivity index (χ2n) is 6.80. The first-order valence-corrected chi connectivity index (χ1v) is 8.27. The maximum Gasteiger partial charge on any atom is 0.408 e. The third-order valence-corrected chi connectivity index (χ3v) is 3.33. The Morgan fingerprint density at radius 2 is 1.58 bits per heavy atom. The van der Waals surface area contributed by atoms with E-state index in [9.17, 15) is 14.7 Å². The molecule has 138 valence electrons. The molecule has 1 amide bonds. The Morgan fingerprint density at radius 1 is 1.00 bits per heavy atom. The summed E-state index contributed by atoms with van der Waals surface area (Å²) in [6.45, 7) is 5.15. The van der Waals surface area contributed by atoms with Crippen molar-refractivity contribution in [1.82, 2.24) is 5.32 Å². The van der Waals surface area contributed by atoms with E-state index in [0.29, 0.717) is 5.75 Å². The molecule has 0 saturated carbocycles. The van der Waals surface area contributed by atoms with Crippen LogP contribution in [0.15, 0.2) is 54.6 Å². The van der Waals surface area contributed by atoms with E-state index in [1.54, 1.807) is 45.0 Å². The van der Waals surface area contributed by atoms with Gasteiger partial charge in [-0.25, -0.2) is 9.59 Å².